The van der Waals surface area contributed by atoms with E-state index in [1.807, 2.05) is 172 Å². The van der Waals surface area contributed by atoms with Gasteiger partial charge in [-0.3, -0.25) is 48.1 Å². The lowest BCUT2D eigenvalue weighted by atomic mass is 9.92. The molecule has 0 saturated carbocycles. The molecule has 4 aliphatic rings. The van der Waals surface area contributed by atoms with Crippen molar-refractivity contribution in [2.24, 2.45) is 5.10 Å². The van der Waals surface area contributed by atoms with Crippen LogP contribution in [0.1, 0.15) is 170 Å². The predicted molar refractivity (Wildman–Crippen MR) is 444 cm³/mol. The Balaban J connectivity index is 0.000000144. The number of hydrogen-bond acceptors (Lipinski definition) is 12. The van der Waals surface area contributed by atoms with E-state index in [0.29, 0.717) is 15.1 Å². The Bertz CT molecular complexity index is 5600. The summed E-state index contributed by atoms with van der Waals surface area (Å²) in [6.07, 6.45) is 8.86. The molecule has 0 fully saturated rings. The summed E-state index contributed by atoms with van der Waals surface area (Å²) in [5.74, 6) is -1.66. The summed E-state index contributed by atoms with van der Waals surface area (Å²) in [6.45, 7) is 11.9. The van der Waals surface area contributed by atoms with Gasteiger partial charge in [0.2, 0.25) is 16.3 Å². The van der Waals surface area contributed by atoms with Crippen LogP contribution in [0.15, 0.2) is 287 Å². The van der Waals surface area contributed by atoms with Crippen LogP contribution in [0, 0.1) is 0 Å². The van der Waals surface area contributed by atoms with E-state index in [0.717, 1.165) is 75.8 Å². The van der Waals surface area contributed by atoms with E-state index in [-0.39, 0.29) is 83.3 Å². The maximum atomic E-state index is 14.7. The zero-order valence-corrected chi connectivity index (χ0v) is 65.5. The number of hydrogen-bond donors (Lipinski definition) is 2. The number of aryl methyl sites for hydroxylation is 4. The molecular formula is C92H84Cl3N9O9. The van der Waals surface area contributed by atoms with Gasteiger partial charge in [0.15, 0.2) is 34.3 Å². The standard InChI is InChI=1S/C38H34ClN3O3.C31H28ClN3O3.C23H22ClN3O3/c1-25(2)41-37(29-18-20-30(39)21-19-29)42(34-31-14-8-6-12-27(31)16-17-28-13-7-9-15-32(28)34)40-23-22-33(43)36(35(40)38(41)44)45-24-26-10-4-3-5-11-26;1-19(2)34-30(22-13-15-23(32)16-14-22)35(33-18-17-26(36)29(37)28(33)31(34)38)27-24-9-5-3-7-20(24)11-12-21-8-4-6-10-25(21)27;1-16(2)26-23(29)21-22(30-15-18-6-4-3-5-7-18)20(28)12-13-27(21)25-14-17-8-10-19(24)11-9-17/h3-15,18-23,25,34,37H,16-17,24H2,1-2H3;3-10,13-19,27,30,37H,11-12H2,1-2H3;3-14,16H,15H2,1-2H3,(H,26,29)/b;;25-14+. The molecule has 21 heteroatoms. The molecule has 0 bridgehead atoms. The first-order chi connectivity index (χ1) is 54.7. The predicted octanol–water partition coefficient (Wildman–Crippen LogP) is 17.2. The maximum absolute atomic E-state index is 14.7. The molecule has 12 aromatic rings. The van der Waals surface area contributed by atoms with Crippen LogP contribution in [-0.2, 0) is 38.9 Å². The summed E-state index contributed by atoms with van der Waals surface area (Å²) in [4.78, 5) is 83.8. The third kappa shape index (κ3) is 16.3. The number of carbonyl (C=O) groups is 3. The number of aromatic nitrogens is 3. The van der Waals surface area contributed by atoms with Crippen molar-refractivity contribution < 1.29 is 29.0 Å². The number of pyridine rings is 3. The Morgan fingerprint density at radius 3 is 1.24 bits per heavy atom. The molecule has 0 spiro atoms. The number of halogens is 3. The molecule has 2 aliphatic heterocycles. The quantitative estimate of drug-likeness (QED) is 0.0874. The van der Waals surface area contributed by atoms with Crippen molar-refractivity contribution in [2.45, 2.75) is 123 Å². The minimum absolute atomic E-state index is 0.0318. The van der Waals surface area contributed by atoms with Crippen molar-refractivity contribution in [1.29, 1.82) is 0 Å². The first-order valence-corrected chi connectivity index (χ1v) is 38.8. The monoisotopic (exact) mass is 1560 g/mol. The summed E-state index contributed by atoms with van der Waals surface area (Å²) in [6, 6.07) is 78.3. The van der Waals surface area contributed by atoms with E-state index in [1.54, 1.807) is 52.4 Å². The van der Waals surface area contributed by atoms with Crippen LogP contribution in [0.25, 0.3) is 0 Å². The lowest BCUT2D eigenvalue weighted by Gasteiger charge is -2.51. The maximum Gasteiger partial charge on any atom is 0.278 e. The van der Waals surface area contributed by atoms with Gasteiger partial charge in [0.25, 0.3) is 17.7 Å². The lowest BCUT2D eigenvalue weighted by Crippen LogP contribution is -2.59. The van der Waals surface area contributed by atoms with E-state index in [9.17, 15) is 33.9 Å². The highest BCUT2D eigenvalue weighted by Crippen LogP contribution is 2.48. The van der Waals surface area contributed by atoms with Crippen molar-refractivity contribution in [3.8, 4) is 17.2 Å². The number of benzene rings is 9. The van der Waals surface area contributed by atoms with Crippen molar-refractivity contribution >= 4 is 58.7 Å². The molecule has 2 atom stereocenters. The molecule has 16 rings (SSSR count). The number of fused-ring (bicyclic) bond motifs is 6. The Morgan fingerprint density at radius 1 is 0.451 bits per heavy atom. The summed E-state index contributed by atoms with van der Waals surface area (Å²) >= 11 is 18.6. The summed E-state index contributed by atoms with van der Waals surface area (Å²) in [5, 5.41) is 24.3. The average molecular weight is 1570 g/mol. The molecule has 18 nitrogen and oxygen atoms in total. The van der Waals surface area contributed by atoms with Gasteiger partial charge in [0.1, 0.15) is 25.5 Å². The van der Waals surface area contributed by atoms with Gasteiger partial charge < -0.3 is 29.7 Å². The van der Waals surface area contributed by atoms with E-state index >= 15 is 0 Å². The Labute approximate surface area is 670 Å². The fourth-order valence-electron chi connectivity index (χ4n) is 15.3. The molecule has 2 aliphatic carbocycles. The molecule has 5 heterocycles. The highest BCUT2D eigenvalue weighted by molar-refractivity contribution is 6.31. The van der Waals surface area contributed by atoms with Crippen LogP contribution in [0.5, 0.6) is 17.2 Å². The normalized spacial score (nSPS) is 15.2. The molecular weight excluding hydrogens is 1480 g/mol. The van der Waals surface area contributed by atoms with E-state index in [4.69, 9.17) is 44.3 Å². The minimum atomic E-state index is -0.583. The first-order valence-electron chi connectivity index (χ1n) is 37.7. The van der Waals surface area contributed by atoms with Crippen LogP contribution in [0.4, 0.5) is 0 Å². The molecule has 2 unspecified atom stereocenters. The molecule has 2 N–H and O–H groups in total. The number of ether oxygens (including phenoxy) is 2. The largest absolute Gasteiger partial charge is 0.502 e. The number of nitrogens with zero attached hydrogens (tertiary/aromatic N) is 8. The molecule has 113 heavy (non-hydrogen) atoms. The highest BCUT2D eigenvalue weighted by Gasteiger charge is 2.49. The highest BCUT2D eigenvalue weighted by atomic mass is 35.5. The first kappa shape index (κ1) is 77.5. The summed E-state index contributed by atoms with van der Waals surface area (Å²) in [7, 11) is 0. The van der Waals surface area contributed by atoms with Gasteiger partial charge in [-0.25, -0.2) is 4.68 Å². The number of rotatable bonds is 16. The fraction of sp³-hybridized carbons (Fsp3) is 0.207. The van der Waals surface area contributed by atoms with Crippen LogP contribution < -0.4 is 41.1 Å². The Morgan fingerprint density at radius 2 is 0.814 bits per heavy atom. The topological polar surface area (TPSA) is 193 Å². The van der Waals surface area contributed by atoms with E-state index < -0.39 is 40.8 Å². The van der Waals surface area contributed by atoms with E-state index in [2.05, 4.69) is 105 Å². The third-order valence-electron chi connectivity index (χ3n) is 20.5. The van der Waals surface area contributed by atoms with Crippen molar-refractivity contribution in [2.75, 3.05) is 10.0 Å². The van der Waals surface area contributed by atoms with Gasteiger partial charge in [-0.1, -0.05) is 229 Å². The second-order valence-electron chi connectivity index (χ2n) is 28.9. The zero-order chi connectivity index (χ0) is 79.1. The second-order valence-corrected chi connectivity index (χ2v) is 30.2. The van der Waals surface area contributed by atoms with Gasteiger partial charge in [-0.05, 0) is 176 Å². The summed E-state index contributed by atoms with van der Waals surface area (Å²) in [5.41, 5.74) is 12.8. The van der Waals surface area contributed by atoms with Gasteiger partial charge in [0.05, 0.1) is 18.3 Å². The van der Waals surface area contributed by atoms with Gasteiger partial charge >= 0.3 is 0 Å². The van der Waals surface area contributed by atoms with Crippen molar-refractivity contribution in [3.63, 3.8) is 0 Å². The summed E-state index contributed by atoms with van der Waals surface area (Å²) < 4.78 is 16.9. The molecule has 0 radical (unpaired) electrons. The number of nitrogens with one attached hydrogen (secondary N) is 1. The minimum Gasteiger partial charge on any atom is -0.502 e. The third-order valence-corrected chi connectivity index (χ3v) is 21.3. The number of carbonyl (C=O) groups excluding carboxylic acids is 3. The molecule has 3 aromatic heterocycles. The SMILES string of the molecule is CC(C)N1C(=O)c2c(O)c(=O)ccn2N(C2c3ccccc3CCc3ccccc32)C1c1ccc(Cl)cc1.CC(C)N1C(=O)c2c(OCc3ccccc3)c(=O)ccn2N(C2c3ccccc3CCc3ccccc32)C1c1ccc(Cl)cc1.CC(C)NC(=O)c1c(OCc2ccccc2)c(=O)ccn1/N=C/c1ccc(Cl)cc1. The van der Waals surface area contributed by atoms with Crippen molar-refractivity contribution in [1.82, 2.24) is 29.1 Å². The smallest absolute Gasteiger partial charge is 0.278 e. The molecule has 572 valence electrons. The molecule has 0 saturated heterocycles. The van der Waals surface area contributed by atoms with Crippen molar-refractivity contribution in [3.05, 3.63) is 402 Å². The van der Waals surface area contributed by atoms with Crippen LogP contribution in [-0.4, -0.2) is 71.0 Å². The van der Waals surface area contributed by atoms with Crippen LogP contribution in [0.2, 0.25) is 15.1 Å². The Hall–Kier alpha value is -12.2. The fourth-order valence-corrected chi connectivity index (χ4v) is 15.7. The van der Waals surface area contributed by atoms with Gasteiger partial charge in [-0.2, -0.15) is 5.10 Å². The zero-order valence-electron chi connectivity index (χ0n) is 63.2. The molecule has 3 amide bonds. The van der Waals surface area contributed by atoms with Gasteiger partial charge in [0, 0.05) is 70.0 Å². The van der Waals surface area contributed by atoms with Crippen LogP contribution >= 0.6 is 34.8 Å². The van der Waals surface area contributed by atoms with Gasteiger partial charge in [-0.15, -0.1) is 0 Å². The lowest BCUT2D eigenvalue weighted by molar-refractivity contribution is 0.0451. The Kier molecular flexibility index (Phi) is 23.4. The second kappa shape index (κ2) is 34.2. The number of amides is 3. The van der Waals surface area contributed by atoms with Crippen LogP contribution in [0.3, 0.4) is 0 Å². The molecule has 9 aromatic carbocycles. The number of aromatic hydroxyl groups is 1. The van der Waals surface area contributed by atoms with E-state index in [1.165, 1.54) is 51.3 Å². The average Bonchev–Trinajstić information content (AvgIpc) is 1.58.